The molecule has 2 unspecified atom stereocenters. The minimum Gasteiger partial charge on any atom is -0.358 e. The first-order chi connectivity index (χ1) is 5.29. The molecule has 2 bridgehead atoms. The van der Waals surface area contributed by atoms with Gasteiger partial charge in [-0.2, -0.15) is 0 Å². The number of hydrogen-bond acceptors (Lipinski definition) is 1. The number of nitrogens with zero attached hydrogens (tertiary/aromatic N) is 1. The molecule has 2 atom stereocenters. The molecule has 1 radical (unpaired) electrons. The maximum absolute atomic E-state index is 2.60. The quantitative estimate of drug-likeness (QED) is 0.338. The van der Waals surface area contributed by atoms with Crippen molar-refractivity contribution in [3.05, 3.63) is 7.43 Å². The van der Waals surface area contributed by atoms with Gasteiger partial charge in [0, 0.05) is 397 Å². The first-order valence-electron chi connectivity index (χ1n) is 5.01. The van der Waals surface area contributed by atoms with E-state index in [0.29, 0.717) is 0 Å². The van der Waals surface area contributed by atoms with Crippen molar-refractivity contribution in [1.82, 2.24) is 4.90 Å². The molecule has 2 aliphatic rings. The summed E-state index contributed by atoms with van der Waals surface area (Å²) < 4.78 is 0. The second-order valence-corrected chi connectivity index (χ2v) is 3.94. The molecule has 2 rings (SSSR count). The minimum absolute atomic E-state index is 0. The number of hydrogen-bond donors (Lipinski definition) is 0. The molecule has 0 amide bonds. The third-order valence-corrected chi connectivity index (χ3v) is 2.89. The van der Waals surface area contributed by atoms with Crippen LogP contribution in [-0.2, 0) is 391 Å². The molecule has 179 valence electrons. The standard InChI is InChI=1S/C8H15N.C2H6.CH3.17W.Y/c1-8-3-2-5-9(7-8)6-4-8;1-2;;;;;;;;;;;;;;;;;;;/h2-7H2,1H3;1-2H3;1H3;;;;;;;;;;;;;;;;;;/q;;-1;;;;;;;;;;;;;;;;;;. The Kier molecular flexibility index (Phi) is 396. The predicted molar refractivity (Wildman–Crippen MR) is 56.2 cm³/mol. The van der Waals surface area contributed by atoms with Crippen molar-refractivity contribution in [2.75, 3.05) is 19.6 Å². The zero-order valence-electron chi connectivity index (χ0n) is 16.7. The third kappa shape index (κ3) is 68.1. The molecule has 2 heterocycles. The average molecular weight is 3380 g/mol. The monoisotopic (exact) mass is 3390 g/mol. The molecule has 2 aliphatic heterocycles. The van der Waals surface area contributed by atoms with Crippen LogP contribution in [0.3, 0.4) is 0 Å². The largest absolute Gasteiger partial charge is 0.358 e. The first-order valence-corrected chi connectivity index (χ1v) is 5.01. The summed E-state index contributed by atoms with van der Waals surface area (Å²) in [6, 6.07) is 0. The molecular weight excluding hydrogens is 3360 g/mol. The molecule has 0 aromatic heterocycles. The Hall–Kier alpha value is 12.8. The van der Waals surface area contributed by atoms with Crippen molar-refractivity contribution in [3.8, 4) is 0 Å². The van der Waals surface area contributed by atoms with E-state index < -0.39 is 0 Å². The second kappa shape index (κ2) is 90.0. The van der Waals surface area contributed by atoms with Gasteiger partial charge in [-0.25, -0.2) is 0 Å². The van der Waals surface area contributed by atoms with Gasteiger partial charge < -0.3 is 12.3 Å². The van der Waals surface area contributed by atoms with E-state index in [0.717, 1.165) is 5.41 Å². The van der Waals surface area contributed by atoms with E-state index in [1.165, 1.54) is 38.9 Å². The van der Waals surface area contributed by atoms with Crippen LogP contribution in [0.25, 0.3) is 0 Å². The minimum atomic E-state index is 0. The van der Waals surface area contributed by atoms with Crippen LogP contribution in [0.4, 0.5) is 0 Å². The Morgan fingerprint density at radius 3 is 0.967 bits per heavy atom. The van der Waals surface area contributed by atoms with Gasteiger partial charge in [0.15, 0.2) is 0 Å². The van der Waals surface area contributed by atoms with Gasteiger partial charge >= 0.3 is 0 Å². The SMILES string of the molecule is CC.CC12CCCN(CC1)C2.[CH3-].[W].[W].[W].[W].[W].[W].[W].[W].[W].[W].[W].[W].[W].[W].[W].[W].[W].[Y]. The summed E-state index contributed by atoms with van der Waals surface area (Å²) in [5.74, 6) is 0. The Morgan fingerprint density at radius 1 is 0.500 bits per heavy atom. The van der Waals surface area contributed by atoms with Gasteiger partial charge in [0.1, 0.15) is 0 Å². The van der Waals surface area contributed by atoms with Crippen molar-refractivity contribution in [2.45, 2.75) is 40.0 Å². The van der Waals surface area contributed by atoms with E-state index in [-0.39, 0.29) is 398 Å². The normalized spacial score (nSPS) is 15.1. The van der Waals surface area contributed by atoms with E-state index in [1.807, 2.05) is 13.8 Å². The van der Waals surface area contributed by atoms with E-state index in [9.17, 15) is 0 Å². The summed E-state index contributed by atoms with van der Waals surface area (Å²) in [5.41, 5.74) is 0.720. The van der Waals surface area contributed by atoms with Gasteiger partial charge in [-0.1, -0.05) is 20.8 Å². The molecule has 0 spiro atoms. The maximum atomic E-state index is 2.60. The van der Waals surface area contributed by atoms with Crippen LogP contribution in [0.1, 0.15) is 40.0 Å². The molecule has 1 nitrogen and oxygen atoms in total. The summed E-state index contributed by atoms with van der Waals surface area (Å²) in [4.78, 5) is 2.60. The summed E-state index contributed by atoms with van der Waals surface area (Å²) in [7, 11) is 0. The van der Waals surface area contributed by atoms with Crippen molar-refractivity contribution in [1.29, 1.82) is 0 Å². The van der Waals surface area contributed by atoms with Gasteiger partial charge in [0.2, 0.25) is 0 Å². The molecule has 0 aromatic carbocycles. The summed E-state index contributed by atoms with van der Waals surface area (Å²) >= 11 is 0. The Morgan fingerprint density at radius 2 is 0.767 bits per heavy atom. The van der Waals surface area contributed by atoms with Gasteiger partial charge in [0.05, 0.1) is 0 Å². The molecular formula is C11H24NW17Y-. The van der Waals surface area contributed by atoms with Crippen molar-refractivity contribution in [3.63, 3.8) is 0 Å². The Labute approximate surface area is 456 Å². The van der Waals surface area contributed by atoms with Crippen molar-refractivity contribution < 1.29 is 391 Å². The smallest absolute Gasteiger partial charge is 0.00358 e. The first kappa shape index (κ1) is 132. The Balaban J connectivity index is -0.00000000331. The Bertz CT molecular complexity index is 153. The fraction of sp³-hybridized carbons (Fsp3) is 0.909. The molecule has 2 saturated heterocycles. The van der Waals surface area contributed by atoms with Crippen LogP contribution >= 0.6 is 0 Å². The van der Waals surface area contributed by atoms with Crippen molar-refractivity contribution >= 4 is 0 Å². The second-order valence-electron chi connectivity index (χ2n) is 3.94. The third-order valence-electron chi connectivity index (χ3n) is 2.89. The van der Waals surface area contributed by atoms with E-state index in [4.69, 9.17) is 0 Å². The van der Waals surface area contributed by atoms with Crippen molar-refractivity contribution in [2.24, 2.45) is 5.41 Å². The van der Waals surface area contributed by atoms with E-state index in [2.05, 4.69) is 11.8 Å². The van der Waals surface area contributed by atoms with Crippen LogP contribution in [0.5, 0.6) is 0 Å². The molecule has 2 fully saturated rings. The van der Waals surface area contributed by atoms with Gasteiger partial charge in [-0.05, 0) is 37.8 Å². The zero-order valence-corrected chi connectivity index (χ0v) is 69.4. The number of fused-ring (bicyclic) bond motifs is 2. The van der Waals surface area contributed by atoms with Crippen LogP contribution < -0.4 is 0 Å². The van der Waals surface area contributed by atoms with Crippen LogP contribution in [0.15, 0.2) is 0 Å². The maximum Gasteiger partial charge on any atom is 0.00358 e. The summed E-state index contributed by atoms with van der Waals surface area (Å²) in [6.07, 6.45) is 4.37. The van der Waals surface area contributed by atoms with Gasteiger partial charge in [-0.15, -0.1) is 0 Å². The molecule has 19 heteroatoms. The molecule has 0 aliphatic carbocycles. The van der Waals surface area contributed by atoms with Crippen LogP contribution in [0, 0.1) is 12.8 Å². The van der Waals surface area contributed by atoms with Crippen LogP contribution in [0.2, 0.25) is 0 Å². The predicted octanol–water partition coefficient (Wildman–Crippen LogP) is 2.92. The molecule has 0 N–H and O–H groups in total. The topological polar surface area (TPSA) is 3.24 Å². The fourth-order valence-corrected chi connectivity index (χ4v) is 2.25. The fourth-order valence-electron chi connectivity index (χ4n) is 2.25. The summed E-state index contributed by atoms with van der Waals surface area (Å²) in [5, 5.41) is 0. The molecule has 0 aromatic rings. The zero-order chi connectivity index (χ0) is 8.32. The molecule has 0 saturated carbocycles. The van der Waals surface area contributed by atoms with E-state index >= 15 is 0 Å². The summed E-state index contributed by atoms with van der Waals surface area (Å²) in [6.45, 7) is 10.6. The average Bonchev–Trinajstić information content (AvgIpc) is 2.30. The van der Waals surface area contributed by atoms with Crippen LogP contribution in [-0.4, -0.2) is 24.5 Å². The number of rotatable bonds is 0. The number of piperidine rings is 1. The molecule has 30 heavy (non-hydrogen) atoms. The van der Waals surface area contributed by atoms with E-state index in [1.54, 1.807) is 0 Å². The van der Waals surface area contributed by atoms with Gasteiger partial charge in [-0.3, -0.25) is 0 Å². The van der Waals surface area contributed by atoms with Gasteiger partial charge in [0.25, 0.3) is 0 Å².